The SMILES string of the molecule is COC12PS(OC)(SS1)S2. The maximum atomic E-state index is 5.41. The Morgan fingerprint density at radius 2 is 2.20 bits per heavy atom. The lowest BCUT2D eigenvalue weighted by Crippen LogP contribution is -2.18. The summed E-state index contributed by atoms with van der Waals surface area (Å²) in [5.41, 5.74) is 0. The largest absolute Gasteiger partial charge is 0.352 e. The number of fused-ring (bicyclic) bond motifs is 1. The highest BCUT2D eigenvalue weighted by molar-refractivity contribution is 9.57. The molecule has 3 aliphatic rings. The van der Waals surface area contributed by atoms with E-state index >= 15 is 0 Å². The zero-order valence-corrected chi connectivity index (χ0v) is 9.72. The lowest BCUT2D eigenvalue weighted by atomic mass is 11.5. The summed E-state index contributed by atoms with van der Waals surface area (Å²) in [5.74, 6) is 0. The molecule has 3 fully saturated rings. The summed E-state index contributed by atoms with van der Waals surface area (Å²) < 4.78 is 10.8. The van der Waals surface area contributed by atoms with Gasteiger partial charge in [0.15, 0.2) is 0 Å². The van der Waals surface area contributed by atoms with Crippen LogP contribution >= 0.6 is 47.2 Å². The van der Waals surface area contributed by atoms with Gasteiger partial charge in [0.25, 0.3) is 0 Å². The molecule has 3 rings (SSSR count). The van der Waals surface area contributed by atoms with Gasteiger partial charge in [-0.25, -0.2) is 0 Å². The molecule has 3 atom stereocenters. The van der Waals surface area contributed by atoms with Crippen LogP contribution in [0.2, 0.25) is 0 Å². The molecule has 0 aromatic rings. The monoisotopic (exact) mass is 234 g/mol. The molecule has 2 nitrogen and oxygen atoms in total. The molecule has 10 heavy (non-hydrogen) atoms. The molecule has 0 aliphatic carbocycles. The van der Waals surface area contributed by atoms with Gasteiger partial charge < -0.3 is 8.92 Å². The Balaban J connectivity index is 2.06. The summed E-state index contributed by atoms with van der Waals surface area (Å²) in [6.45, 7) is 0. The van der Waals surface area contributed by atoms with Crippen LogP contribution in [0.25, 0.3) is 0 Å². The summed E-state index contributed by atoms with van der Waals surface area (Å²) in [4.78, 5) is 0. The fraction of sp³-hybridized carbons (Fsp3) is 1.00. The lowest BCUT2D eigenvalue weighted by molar-refractivity contribution is 0.212. The van der Waals surface area contributed by atoms with Crippen molar-refractivity contribution >= 4 is 47.2 Å². The Hall–Kier alpha value is 1.75. The van der Waals surface area contributed by atoms with Crippen molar-refractivity contribution in [3.63, 3.8) is 0 Å². The van der Waals surface area contributed by atoms with Crippen LogP contribution in [0.3, 0.4) is 0 Å². The van der Waals surface area contributed by atoms with E-state index in [4.69, 9.17) is 8.92 Å². The summed E-state index contributed by atoms with van der Waals surface area (Å²) in [6, 6.07) is 0. The smallest absolute Gasteiger partial charge is 0.209 e. The summed E-state index contributed by atoms with van der Waals surface area (Å²) in [7, 11) is 9.21. The molecule has 3 aliphatic heterocycles. The van der Waals surface area contributed by atoms with Crippen molar-refractivity contribution in [2.24, 2.45) is 0 Å². The molecular formula is C3H7O2PS4. The van der Waals surface area contributed by atoms with Gasteiger partial charge in [-0.3, -0.25) is 0 Å². The highest BCUT2D eigenvalue weighted by atomic mass is 33.9. The molecule has 3 heterocycles. The van der Waals surface area contributed by atoms with E-state index in [0.29, 0.717) is 0 Å². The fourth-order valence-electron chi connectivity index (χ4n) is 0.666. The van der Waals surface area contributed by atoms with E-state index < -0.39 is 7.99 Å². The molecule has 0 radical (unpaired) electrons. The Morgan fingerprint density at radius 3 is 2.50 bits per heavy atom. The normalized spacial score (nSPS) is 59.8. The molecule has 0 N–H and O–H groups in total. The zero-order chi connectivity index (χ0) is 7.24. The number of hydrogen-bond acceptors (Lipinski definition) is 5. The molecule has 0 saturated carbocycles. The third-order valence-electron chi connectivity index (χ3n) is 1.19. The minimum absolute atomic E-state index is 0.0794. The van der Waals surface area contributed by atoms with Crippen molar-refractivity contribution in [2.45, 2.75) is 4.01 Å². The molecule has 0 aromatic carbocycles. The molecule has 3 saturated heterocycles. The first-order valence-electron chi connectivity index (χ1n) is 2.55. The first kappa shape index (κ1) is 8.35. The van der Waals surface area contributed by atoms with Crippen molar-refractivity contribution < 1.29 is 8.92 Å². The summed E-state index contributed by atoms with van der Waals surface area (Å²) >= 11 is 0. The number of ether oxygens (including phenoxy) is 1. The number of rotatable bonds is 2. The molecule has 0 spiro atoms. The van der Waals surface area contributed by atoms with E-state index in [9.17, 15) is 0 Å². The molecule has 0 amide bonds. The second-order valence-electron chi connectivity index (χ2n) is 1.72. The summed E-state index contributed by atoms with van der Waals surface area (Å²) in [5, 5.41) is 0. The van der Waals surface area contributed by atoms with Gasteiger partial charge in [-0.1, -0.05) is 0 Å². The molecular weight excluding hydrogens is 227 g/mol. The lowest BCUT2D eigenvalue weighted by Gasteiger charge is -2.43. The first-order valence-corrected chi connectivity index (χ1v) is 9.83. The Labute approximate surface area is 74.2 Å². The quantitative estimate of drug-likeness (QED) is 0.538. The van der Waals surface area contributed by atoms with Gasteiger partial charge in [-0.05, 0) is 39.4 Å². The standard InChI is InChI=1S/C3H7O2PS4/c1-4-3-6-10(5-2,8-3)9-7-3/h6H,1-2H3. The van der Waals surface area contributed by atoms with E-state index in [0.717, 1.165) is 7.78 Å². The van der Waals surface area contributed by atoms with Gasteiger partial charge in [0.1, 0.15) is 0 Å². The van der Waals surface area contributed by atoms with E-state index in [1.807, 2.05) is 31.4 Å². The molecule has 7 heteroatoms. The van der Waals surface area contributed by atoms with Gasteiger partial charge in [0.05, 0.1) is 7.11 Å². The van der Waals surface area contributed by atoms with Crippen LogP contribution in [0.1, 0.15) is 0 Å². The predicted octanol–water partition coefficient (Wildman–Crippen LogP) is 3.18. The van der Waals surface area contributed by atoms with Crippen LogP contribution in [0.15, 0.2) is 0 Å². The van der Waals surface area contributed by atoms with Crippen LogP contribution < -0.4 is 0 Å². The van der Waals surface area contributed by atoms with E-state index in [-0.39, 0.29) is 4.01 Å². The van der Waals surface area contributed by atoms with Crippen LogP contribution in [-0.4, -0.2) is 18.2 Å². The van der Waals surface area contributed by atoms with Gasteiger partial charge in [-0.15, -0.1) is 0 Å². The zero-order valence-electron chi connectivity index (χ0n) is 5.45. The number of hydrogen-bond donors (Lipinski definition) is 0. The van der Waals surface area contributed by atoms with Gasteiger partial charge in [0.2, 0.25) is 4.01 Å². The Kier molecular flexibility index (Phi) is 2.19. The van der Waals surface area contributed by atoms with Crippen molar-refractivity contribution in [1.82, 2.24) is 0 Å². The minimum Gasteiger partial charge on any atom is -0.352 e. The van der Waals surface area contributed by atoms with Crippen molar-refractivity contribution in [3.8, 4) is 0 Å². The molecule has 60 valence electrons. The molecule has 2 bridgehead atoms. The average Bonchev–Trinajstić information content (AvgIpc) is 2.40. The van der Waals surface area contributed by atoms with Gasteiger partial charge in [-0.2, -0.15) is 0 Å². The van der Waals surface area contributed by atoms with Crippen molar-refractivity contribution in [3.05, 3.63) is 0 Å². The van der Waals surface area contributed by atoms with Crippen molar-refractivity contribution in [2.75, 3.05) is 14.2 Å². The summed E-state index contributed by atoms with van der Waals surface area (Å²) in [6.07, 6.45) is 0. The minimum atomic E-state index is -0.770. The molecule has 0 aromatic heterocycles. The molecule has 3 unspecified atom stereocenters. The predicted molar refractivity (Wildman–Crippen MR) is 55.4 cm³/mol. The van der Waals surface area contributed by atoms with E-state index in [2.05, 4.69) is 0 Å². The highest BCUT2D eigenvalue weighted by Crippen LogP contribution is 3.08. The third-order valence-corrected chi connectivity index (χ3v) is 21.8. The van der Waals surface area contributed by atoms with Crippen LogP contribution in [0, 0.1) is 0 Å². The second kappa shape index (κ2) is 2.62. The van der Waals surface area contributed by atoms with Crippen molar-refractivity contribution in [1.29, 1.82) is 0 Å². The van der Waals surface area contributed by atoms with Crippen LogP contribution in [0.5, 0.6) is 0 Å². The van der Waals surface area contributed by atoms with E-state index in [1.165, 1.54) is 0 Å². The van der Waals surface area contributed by atoms with Gasteiger partial charge >= 0.3 is 0 Å². The Bertz CT molecular complexity index is 143. The maximum Gasteiger partial charge on any atom is 0.209 e. The maximum absolute atomic E-state index is 5.41. The van der Waals surface area contributed by atoms with Crippen LogP contribution in [-0.2, 0) is 8.92 Å². The van der Waals surface area contributed by atoms with Gasteiger partial charge in [0, 0.05) is 14.9 Å². The fourth-order valence-corrected chi connectivity index (χ4v) is 26.1. The number of methoxy groups -OCH3 is 1. The third kappa shape index (κ3) is 1.04. The highest BCUT2D eigenvalue weighted by Gasteiger charge is 2.63. The topological polar surface area (TPSA) is 18.5 Å². The van der Waals surface area contributed by atoms with E-state index in [1.54, 1.807) is 14.2 Å². The Morgan fingerprint density at radius 1 is 1.50 bits per heavy atom. The van der Waals surface area contributed by atoms with Crippen LogP contribution in [0.4, 0.5) is 0 Å². The average molecular weight is 234 g/mol. The first-order chi connectivity index (χ1) is 4.74. The second-order valence-corrected chi connectivity index (χ2v) is 16.7.